The number of nitrogens with zero attached hydrogens (tertiary/aromatic N) is 1. The maximum atomic E-state index is 11.1. The first kappa shape index (κ1) is 21.5. The zero-order chi connectivity index (χ0) is 22.9. The molecule has 3 aromatic rings. The number of benzene rings is 2. The second kappa shape index (κ2) is 8.57. The van der Waals surface area contributed by atoms with Crippen LogP contribution in [0.15, 0.2) is 57.8 Å². The number of hydrogen-bond acceptors (Lipinski definition) is 5. The van der Waals surface area contributed by atoms with Crippen molar-refractivity contribution in [3.8, 4) is 17.6 Å². The first-order valence-electron chi connectivity index (χ1n) is 11.5. The van der Waals surface area contributed by atoms with Gasteiger partial charge in [0.2, 0.25) is 0 Å². The van der Waals surface area contributed by atoms with Gasteiger partial charge in [0, 0.05) is 5.41 Å². The first-order chi connectivity index (χ1) is 16.0. The molecule has 0 bridgehead atoms. The summed E-state index contributed by atoms with van der Waals surface area (Å²) in [5.41, 5.74) is 3.04. The molecule has 0 saturated heterocycles. The summed E-state index contributed by atoms with van der Waals surface area (Å²) < 4.78 is 10.4. The molecule has 3 atom stereocenters. The van der Waals surface area contributed by atoms with Crippen LogP contribution in [-0.2, 0) is 24.9 Å². The van der Waals surface area contributed by atoms with Crippen LogP contribution in [-0.4, -0.2) is 20.8 Å². The minimum absolute atomic E-state index is 0.0352. The number of rotatable bonds is 5. The molecule has 2 N–H and O–H groups in total. The second-order valence-electron chi connectivity index (χ2n) is 9.31. The van der Waals surface area contributed by atoms with Crippen molar-refractivity contribution in [3.05, 3.63) is 81.6 Å². The fourth-order valence-electron chi connectivity index (χ4n) is 5.86. The molecular formula is C27H28N2O4. The van der Waals surface area contributed by atoms with Crippen molar-refractivity contribution < 1.29 is 14.4 Å². The Kier molecular flexibility index (Phi) is 5.59. The molecule has 0 radical (unpaired) electrons. The van der Waals surface area contributed by atoms with Crippen LogP contribution < -0.4 is 10.5 Å². The van der Waals surface area contributed by atoms with Crippen LogP contribution in [0.5, 0.6) is 5.75 Å². The van der Waals surface area contributed by atoms with Gasteiger partial charge < -0.3 is 9.84 Å². The number of fused-ring (bicyclic) bond motifs is 3. The van der Waals surface area contributed by atoms with E-state index in [0.29, 0.717) is 24.6 Å². The molecule has 1 saturated carbocycles. The molecule has 0 aliphatic heterocycles. The Morgan fingerprint density at radius 3 is 2.85 bits per heavy atom. The molecule has 6 heteroatoms. The fourth-order valence-corrected chi connectivity index (χ4v) is 5.86. The second-order valence-corrected chi connectivity index (χ2v) is 9.31. The highest BCUT2D eigenvalue weighted by molar-refractivity contribution is 5.45. The van der Waals surface area contributed by atoms with Gasteiger partial charge in [-0.3, -0.25) is 9.51 Å². The maximum absolute atomic E-state index is 11.1. The highest BCUT2D eigenvalue weighted by Gasteiger charge is 2.51. The molecule has 6 nitrogen and oxygen atoms in total. The number of aromatic nitrogens is 2. The molecule has 0 amide bonds. The molecule has 1 aromatic heterocycles. The van der Waals surface area contributed by atoms with E-state index in [9.17, 15) is 9.90 Å². The summed E-state index contributed by atoms with van der Waals surface area (Å²) in [7, 11) is 0. The molecule has 0 spiro atoms. The number of ether oxygens (including phenoxy) is 1. The van der Waals surface area contributed by atoms with Crippen molar-refractivity contribution in [2.75, 3.05) is 0 Å². The number of hydrogen-bond donors (Lipinski definition) is 2. The van der Waals surface area contributed by atoms with E-state index < -0.39 is 11.4 Å². The van der Waals surface area contributed by atoms with E-state index in [-0.39, 0.29) is 12.0 Å². The molecule has 2 aliphatic carbocycles. The number of aryl methyl sites for hydroxylation is 1. The molecule has 5 rings (SSSR count). The van der Waals surface area contributed by atoms with Crippen molar-refractivity contribution in [2.24, 2.45) is 5.92 Å². The van der Waals surface area contributed by atoms with Gasteiger partial charge in [0.05, 0.1) is 0 Å². The topological polar surface area (TPSA) is 88.3 Å². The van der Waals surface area contributed by atoms with Gasteiger partial charge in [0.15, 0.2) is 5.82 Å². The number of nitrogens with one attached hydrogen (secondary N) is 1. The van der Waals surface area contributed by atoms with Gasteiger partial charge in [-0.15, -0.1) is 5.92 Å². The van der Waals surface area contributed by atoms with Crippen LogP contribution >= 0.6 is 0 Å². The molecule has 2 aliphatic rings. The predicted molar refractivity (Wildman–Crippen MR) is 124 cm³/mol. The van der Waals surface area contributed by atoms with E-state index in [1.807, 2.05) is 6.07 Å². The van der Waals surface area contributed by atoms with Gasteiger partial charge in [-0.25, -0.2) is 4.79 Å². The molecule has 2 aromatic carbocycles. The summed E-state index contributed by atoms with van der Waals surface area (Å²) in [6.07, 6.45) is 5.16. The van der Waals surface area contributed by atoms with E-state index >= 15 is 0 Å². The third kappa shape index (κ3) is 4.21. The Morgan fingerprint density at radius 2 is 2.09 bits per heavy atom. The summed E-state index contributed by atoms with van der Waals surface area (Å²) >= 11 is 0. The van der Waals surface area contributed by atoms with Gasteiger partial charge >= 0.3 is 5.76 Å². The van der Waals surface area contributed by atoms with E-state index in [0.717, 1.165) is 31.4 Å². The molecular weight excluding hydrogens is 416 g/mol. The molecule has 33 heavy (non-hydrogen) atoms. The summed E-state index contributed by atoms with van der Waals surface area (Å²) in [5.74, 6) is 6.91. The normalized spacial score (nSPS) is 25.9. The Morgan fingerprint density at radius 1 is 1.24 bits per heavy atom. The van der Waals surface area contributed by atoms with Crippen molar-refractivity contribution >= 4 is 0 Å². The minimum atomic E-state index is -0.894. The fraction of sp³-hybridized carbons (Fsp3) is 0.407. The number of aliphatic hydroxyl groups is 1. The molecule has 1 fully saturated rings. The Bertz CT molecular complexity index is 1250. The van der Waals surface area contributed by atoms with Gasteiger partial charge in [-0.05, 0) is 80.2 Å². The lowest BCUT2D eigenvalue weighted by Gasteiger charge is -2.52. The van der Waals surface area contributed by atoms with E-state index in [1.54, 1.807) is 6.92 Å². The van der Waals surface area contributed by atoms with Crippen molar-refractivity contribution in [3.63, 3.8) is 0 Å². The average molecular weight is 445 g/mol. The van der Waals surface area contributed by atoms with E-state index in [2.05, 4.69) is 69.0 Å². The third-order valence-corrected chi connectivity index (χ3v) is 7.31. The lowest BCUT2D eigenvalue weighted by atomic mass is 9.52. The zero-order valence-corrected chi connectivity index (χ0v) is 18.8. The third-order valence-electron chi connectivity index (χ3n) is 7.31. The van der Waals surface area contributed by atoms with Crippen LogP contribution in [0.3, 0.4) is 0 Å². The van der Waals surface area contributed by atoms with Crippen LogP contribution in [0.25, 0.3) is 0 Å². The molecule has 1 heterocycles. The zero-order valence-electron chi connectivity index (χ0n) is 18.8. The van der Waals surface area contributed by atoms with Crippen LogP contribution in [0.4, 0.5) is 0 Å². The largest absolute Gasteiger partial charge is 0.486 e. The van der Waals surface area contributed by atoms with Crippen LogP contribution in [0.2, 0.25) is 0 Å². The smallest absolute Gasteiger partial charge is 0.439 e. The lowest BCUT2D eigenvalue weighted by Crippen LogP contribution is -2.50. The van der Waals surface area contributed by atoms with E-state index in [4.69, 9.17) is 4.74 Å². The quantitative estimate of drug-likeness (QED) is 0.583. The predicted octanol–water partition coefficient (Wildman–Crippen LogP) is 3.92. The monoisotopic (exact) mass is 444 g/mol. The highest BCUT2D eigenvalue weighted by atomic mass is 16.5. The number of H-pyrrole nitrogens is 1. The minimum Gasteiger partial charge on any atom is -0.486 e. The van der Waals surface area contributed by atoms with Crippen LogP contribution in [0, 0.1) is 17.8 Å². The first-order valence-corrected chi connectivity index (χ1v) is 11.5. The summed E-state index contributed by atoms with van der Waals surface area (Å²) in [5, 5.41) is 14.8. The van der Waals surface area contributed by atoms with Crippen molar-refractivity contribution in [1.82, 2.24) is 10.1 Å². The SMILES string of the molecule is CC#C[C@@]1(O)CC[C@@]2(Cc3ccccc3)c3ccc(OCc4noc(=O)[nH]4)cc3CC[C@@H]2C1. The maximum Gasteiger partial charge on any atom is 0.439 e. The van der Waals surface area contributed by atoms with Gasteiger partial charge in [0.1, 0.15) is 18.0 Å². The van der Waals surface area contributed by atoms with Gasteiger partial charge in [0.25, 0.3) is 0 Å². The average Bonchev–Trinajstić information content (AvgIpc) is 3.24. The Balaban J connectivity index is 1.47. The van der Waals surface area contributed by atoms with Gasteiger partial charge in [-0.1, -0.05) is 47.5 Å². The Labute approximate surface area is 193 Å². The molecule has 170 valence electrons. The standard InChI is InChI=1S/C27H28N2O4/c1-2-12-26(31)13-14-27(16-19-6-4-3-5-7-19)21(17-26)9-8-20-15-22(10-11-23(20)27)32-18-24-28-25(30)33-29-24/h3-7,10-11,15,21,31H,8-9,13-14,16-18H2,1H3,(H,28,29,30)/t21-,26-,27+/m1/s1. The van der Waals surface area contributed by atoms with Crippen molar-refractivity contribution in [2.45, 2.75) is 63.1 Å². The van der Waals surface area contributed by atoms with E-state index in [1.165, 1.54) is 16.7 Å². The summed E-state index contributed by atoms with van der Waals surface area (Å²) in [6, 6.07) is 16.9. The van der Waals surface area contributed by atoms with Crippen molar-refractivity contribution in [1.29, 1.82) is 0 Å². The summed E-state index contributed by atoms with van der Waals surface area (Å²) in [6.45, 7) is 1.95. The summed E-state index contributed by atoms with van der Waals surface area (Å²) in [4.78, 5) is 13.6. The molecule has 0 unspecified atom stereocenters. The van der Waals surface area contributed by atoms with Crippen LogP contribution in [0.1, 0.15) is 55.1 Å². The lowest BCUT2D eigenvalue weighted by molar-refractivity contribution is -0.00805. The Hall–Kier alpha value is -3.30. The van der Waals surface area contributed by atoms with Gasteiger partial charge in [-0.2, -0.15) is 0 Å². The highest BCUT2D eigenvalue weighted by Crippen LogP contribution is 2.54. The number of aromatic amines is 1.